The van der Waals surface area contributed by atoms with Crippen LogP contribution in [0.2, 0.25) is 0 Å². The number of aliphatic hydroxyl groups excluding tert-OH is 1. The summed E-state index contributed by atoms with van der Waals surface area (Å²) in [5.74, 6) is -1.68. The second-order valence-electron chi connectivity index (χ2n) is 3.71. The molecule has 0 amide bonds. The number of aliphatic carboxylic acids is 1. The lowest BCUT2D eigenvalue weighted by Gasteiger charge is -2.18. The largest absolute Gasteiger partial charge is 0.481 e. The standard InChI is InChI=1S/C12H16O3/c1-3-10(12(14)15)11(13)9-6-4-5-8(2)7-9/h4-7,10-11,13H,3H2,1-2H3,(H,14,15). The van der Waals surface area contributed by atoms with Gasteiger partial charge in [0, 0.05) is 0 Å². The maximum Gasteiger partial charge on any atom is 0.309 e. The lowest BCUT2D eigenvalue weighted by Crippen LogP contribution is -2.21. The molecule has 0 heterocycles. The fourth-order valence-electron chi connectivity index (χ4n) is 1.62. The van der Waals surface area contributed by atoms with Crippen molar-refractivity contribution in [2.24, 2.45) is 5.92 Å². The first-order valence-electron chi connectivity index (χ1n) is 5.03. The molecule has 0 saturated heterocycles. The summed E-state index contributed by atoms with van der Waals surface area (Å²) < 4.78 is 0. The molecule has 0 aliphatic heterocycles. The van der Waals surface area contributed by atoms with Crippen molar-refractivity contribution >= 4 is 5.97 Å². The third-order valence-corrected chi connectivity index (χ3v) is 2.52. The molecule has 15 heavy (non-hydrogen) atoms. The summed E-state index contributed by atoms with van der Waals surface area (Å²) in [6.45, 7) is 3.68. The Morgan fingerprint density at radius 2 is 2.13 bits per heavy atom. The van der Waals surface area contributed by atoms with Gasteiger partial charge in [0.15, 0.2) is 0 Å². The Kier molecular flexibility index (Phi) is 3.86. The molecule has 0 aliphatic carbocycles. The van der Waals surface area contributed by atoms with Crippen LogP contribution in [0.15, 0.2) is 24.3 Å². The number of aryl methyl sites for hydroxylation is 1. The van der Waals surface area contributed by atoms with E-state index in [2.05, 4.69) is 0 Å². The zero-order chi connectivity index (χ0) is 11.4. The maximum atomic E-state index is 10.9. The van der Waals surface area contributed by atoms with Gasteiger partial charge in [-0.05, 0) is 18.9 Å². The molecule has 82 valence electrons. The van der Waals surface area contributed by atoms with Gasteiger partial charge in [-0.25, -0.2) is 0 Å². The highest BCUT2D eigenvalue weighted by Crippen LogP contribution is 2.25. The lowest BCUT2D eigenvalue weighted by atomic mass is 9.93. The fraction of sp³-hybridized carbons (Fsp3) is 0.417. The molecule has 2 N–H and O–H groups in total. The van der Waals surface area contributed by atoms with Gasteiger partial charge in [0.25, 0.3) is 0 Å². The number of carboxylic acids is 1. The van der Waals surface area contributed by atoms with Gasteiger partial charge in [0.2, 0.25) is 0 Å². The molecule has 0 spiro atoms. The lowest BCUT2D eigenvalue weighted by molar-refractivity contribution is -0.146. The molecule has 0 radical (unpaired) electrons. The van der Waals surface area contributed by atoms with E-state index in [0.717, 1.165) is 5.56 Å². The fourth-order valence-corrected chi connectivity index (χ4v) is 1.62. The van der Waals surface area contributed by atoms with E-state index in [1.54, 1.807) is 13.0 Å². The first-order chi connectivity index (χ1) is 7.06. The first-order valence-corrected chi connectivity index (χ1v) is 5.03. The van der Waals surface area contributed by atoms with Crippen molar-refractivity contribution in [3.8, 4) is 0 Å². The van der Waals surface area contributed by atoms with Crippen molar-refractivity contribution in [2.75, 3.05) is 0 Å². The Hall–Kier alpha value is -1.35. The zero-order valence-electron chi connectivity index (χ0n) is 8.97. The van der Waals surface area contributed by atoms with E-state index in [9.17, 15) is 9.90 Å². The van der Waals surface area contributed by atoms with Crippen molar-refractivity contribution in [1.82, 2.24) is 0 Å². The van der Waals surface area contributed by atoms with E-state index >= 15 is 0 Å². The van der Waals surface area contributed by atoms with E-state index in [1.807, 2.05) is 25.1 Å². The minimum atomic E-state index is -0.952. The van der Waals surface area contributed by atoms with Crippen molar-refractivity contribution in [2.45, 2.75) is 26.4 Å². The molecule has 2 unspecified atom stereocenters. The zero-order valence-corrected chi connectivity index (χ0v) is 8.97. The van der Waals surface area contributed by atoms with Crippen LogP contribution in [0.3, 0.4) is 0 Å². The van der Waals surface area contributed by atoms with E-state index in [1.165, 1.54) is 0 Å². The molecule has 0 aliphatic rings. The number of benzene rings is 1. The van der Waals surface area contributed by atoms with Crippen molar-refractivity contribution in [3.05, 3.63) is 35.4 Å². The van der Waals surface area contributed by atoms with Gasteiger partial charge in [-0.1, -0.05) is 36.8 Å². The average molecular weight is 208 g/mol. The summed E-state index contributed by atoms with van der Waals surface area (Å²) in [6.07, 6.45) is -0.503. The van der Waals surface area contributed by atoms with Crippen LogP contribution in [-0.4, -0.2) is 16.2 Å². The van der Waals surface area contributed by atoms with E-state index in [0.29, 0.717) is 12.0 Å². The number of carbonyl (C=O) groups is 1. The Morgan fingerprint density at radius 1 is 1.47 bits per heavy atom. The number of hydrogen-bond donors (Lipinski definition) is 2. The minimum Gasteiger partial charge on any atom is -0.481 e. The molecule has 1 rings (SSSR count). The number of rotatable bonds is 4. The normalized spacial score (nSPS) is 14.6. The molecule has 0 fully saturated rings. The van der Waals surface area contributed by atoms with Crippen LogP contribution >= 0.6 is 0 Å². The van der Waals surface area contributed by atoms with Gasteiger partial charge in [0.1, 0.15) is 0 Å². The summed E-state index contributed by atoms with van der Waals surface area (Å²) in [7, 11) is 0. The summed E-state index contributed by atoms with van der Waals surface area (Å²) in [5.41, 5.74) is 1.69. The van der Waals surface area contributed by atoms with E-state index < -0.39 is 18.0 Å². The van der Waals surface area contributed by atoms with Gasteiger partial charge in [0.05, 0.1) is 12.0 Å². The number of carboxylic acid groups (broad SMARTS) is 1. The van der Waals surface area contributed by atoms with Crippen LogP contribution in [0.25, 0.3) is 0 Å². The van der Waals surface area contributed by atoms with Crippen LogP contribution in [0.4, 0.5) is 0 Å². The third-order valence-electron chi connectivity index (χ3n) is 2.52. The molecule has 0 saturated carbocycles. The average Bonchev–Trinajstić information content (AvgIpc) is 2.18. The highest BCUT2D eigenvalue weighted by molar-refractivity contribution is 5.71. The number of aliphatic hydroxyl groups is 1. The molecular weight excluding hydrogens is 192 g/mol. The van der Waals surface area contributed by atoms with Crippen LogP contribution in [0.5, 0.6) is 0 Å². The third kappa shape index (κ3) is 2.80. The predicted molar refractivity (Wildman–Crippen MR) is 57.6 cm³/mol. The SMILES string of the molecule is CCC(C(=O)O)C(O)c1cccc(C)c1. The molecule has 3 nitrogen and oxygen atoms in total. The molecule has 3 heteroatoms. The first kappa shape index (κ1) is 11.7. The quantitative estimate of drug-likeness (QED) is 0.797. The minimum absolute atomic E-state index is 0.421. The van der Waals surface area contributed by atoms with Crippen LogP contribution in [0.1, 0.15) is 30.6 Å². The van der Waals surface area contributed by atoms with Crippen LogP contribution < -0.4 is 0 Å². The highest BCUT2D eigenvalue weighted by atomic mass is 16.4. The number of hydrogen-bond acceptors (Lipinski definition) is 2. The molecular formula is C12H16O3. The summed E-state index contributed by atoms with van der Waals surface area (Å²) in [4.78, 5) is 10.9. The van der Waals surface area contributed by atoms with Gasteiger partial charge in [-0.15, -0.1) is 0 Å². The second kappa shape index (κ2) is 4.94. The van der Waals surface area contributed by atoms with E-state index in [4.69, 9.17) is 5.11 Å². The summed E-state index contributed by atoms with van der Waals surface area (Å²) in [5, 5.41) is 18.8. The van der Waals surface area contributed by atoms with Crippen LogP contribution in [0, 0.1) is 12.8 Å². The Bertz CT molecular complexity index is 346. The summed E-state index contributed by atoms with van der Waals surface area (Å²) in [6, 6.07) is 7.31. The molecule has 2 atom stereocenters. The Morgan fingerprint density at radius 3 is 2.60 bits per heavy atom. The smallest absolute Gasteiger partial charge is 0.309 e. The maximum absolute atomic E-state index is 10.9. The second-order valence-corrected chi connectivity index (χ2v) is 3.71. The van der Waals surface area contributed by atoms with Gasteiger partial charge in [-0.3, -0.25) is 4.79 Å². The monoisotopic (exact) mass is 208 g/mol. The van der Waals surface area contributed by atoms with E-state index in [-0.39, 0.29) is 0 Å². The molecule has 1 aromatic carbocycles. The molecule has 0 aromatic heterocycles. The Balaban J connectivity index is 2.92. The van der Waals surface area contributed by atoms with Crippen LogP contribution in [-0.2, 0) is 4.79 Å². The van der Waals surface area contributed by atoms with Crippen molar-refractivity contribution in [3.63, 3.8) is 0 Å². The predicted octanol–water partition coefficient (Wildman–Crippen LogP) is 2.14. The molecule has 1 aromatic rings. The summed E-state index contributed by atoms with van der Waals surface area (Å²) >= 11 is 0. The molecule has 0 bridgehead atoms. The van der Waals surface area contributed by atoms with Gasteiger partial charge >= 0.3 is 5.97 Å². The highest BCUT2D eigenvalue weighted by Gasteiger charge is 2.25. The Labute approximate surface area is 89.4 Å². The topological polar surface area (TPSA) is 57.5 Å². The van der Waals surface area contributed by atoms with Crippen molar-refractivity contribution < 1.29 is 15.0 Å². The van der Waals surface area contributed by atoms with Gasteiger partial charge < -0.3 is 10.2 Å². The van der Waals surface area contributed by atoms with Gasteiger partial charge in [-0.2, -0.15) is 0 Å². The van der Waals surface area contributed by atoms with Crippen molar-refractivity contribution in [1.29, 1.82) is 0 Å².